The summed E-state index contributed by atoms with van der Waals surface area (Å²) in [5, 5.41) is 15.2. The Morgan fingerprint density at radius 3 is 2.85 bits per heavy atom. The normalized spacial score (nSPS) is 9.60. The van der Waals surface area contributed by atoms with E-state index in [0.29, 0.717) is 23.8 Å². The highest BCUT2D eigenvalue weighted by Crippen LogP contribution is 2.18. The Kier molecular flexibility index (Phi) is 4.30. The van der Waals surface area contributed by atoms with Crippen LogP contribution >= 0.6 is 0 Å². The van der Waals surface area contributed by atoms with Crippen molar-refractivity contribution in [1.82, 2.24) is 9.97 Å². The molecule has 1 aromatic heterocycles. The second-order valence-electron chi connectivity index (χ2n) is 4.17. The molecule has 5 heteroatoms. The van der Waals surface area contributed by atoms with Crippen LogP contribution in [0.3, 0.4) is 0 Å². The van der Waals surface area contributed by atoms with Crippen molar-refractivity contribution in [2.24, 2.45) is 0 Å². The fourth-order valence-corrected chi connectivity index (χ4v) is 1.71. The van der Waals surface area contributed by atoms with Crippen LogP contribution in [-0.4, -0.2) is 16.5 Å². The average molecular weight is 265 g/mol. The zero-order valence-corrected chi connectivity index (χ0v) is 11.2. The highest BCUT2D eigenvalue weighted by Gasteiger charge is 2.02. The van der Waals surface area contributed by atoms with Crippen LogP contribution in [0.15, 0.2) is 43.0 Å². The Balaban J connectivity index is 2.21. The van der Waals surface area contributed by atoms with Gasteiger partial charge in [-0.3, -0.25) is 0 Å². The van der Waals surface area contributed by atoms with E-state index in [-0.39, 0.29) is 0 Å². The molecule has 0 atom stereocenters. The molecule has 0 amide bonds. The number of benzene rings is 1. The van der Waals surface area contributed by atoms with Gasteiger partial charge in [0.25, 0.3) is 0 Å². The molecule has 1 heterocycles. The van der Waals surface area contributed by atoms with Crippen molar-refractivity contribution in [3.8, 4) is 6.07 Å². The Morgan fingerprint density at radius 1 is 1.30 bits per heavy atom. The van der Waals surface area contributed by atoms with E-state index in [1.54, 1.807) is 18.2 Å². The van der Waals surface area contributed by atoms with E-state index < -0.39 is 0 Å². The molecule has 0 saturated heterocycles. The first kappa shape index (κ1) is 13.6. The average Bonchev–Trinajstić information content (AvgIpc) is 2.44. The van der Waals surface area contributed by atoms with Gasteiger partial charge in [0.1, 0.15) is 17.5 Å². The van der Waals surface area contributed by atoms with Gasteiger partial charge in [-0.2, -0.15) is 5.26 Å². The maximum atomic E-state index is 8.89. The molecule has 0 aliphatic carbocycles. The van der Waals surface area contributed by atoms with Crippen molar-refractivity contribution in [2.75, 3.05) is 17.2 Å². The summed E-state index contributed by atoms with van der Waals surface area (Å²) in [5.74, 6) is 2.08. The predicted octanol–water partition coefficient (Wildman–Crippen LogP) is 3.00. The highest BCUT2D eigenvalue weighted by atomic mass is 15.1. The topological polar surface area (TPSA) is 73.6 Å². The number of rotatable bonds is 5. The summed E-state index contributed by atoms with van der Waals surface area (Å²) in [5.41, 5.74) is 1.42. The Hall–Kier alpha value is -2.87. The summed E-state index contributed by atoms with van der Waals surface area (Å²) < 4.78 is 0. The Labute approximate surface area is 118 Å². The van der Waals surface area contributed by atoms with Gasteiger partial charge in [0.2, 0.25) is 0 Å². The SMILES string of the molecule is C=CCNc1cc(Nc2cccc(C#N)c2)nc(C)n1. The Bertz CT molecular complexity index is 658. The van der Waals surface area contributed by atoms with Crippen molar-refractivity contribution in [2.45, 2.75) is 6.92 Å². The molecule has 1 aromatic carbocycles. The van der Waals surface area contributed by atoms with Crippen LogP contribution < -0.4 is 10.6 Å². The molecule has 0 spiro atoms. The zero-order valence-electron chi connectivity index (χ0n) is 11.2. The van der Waals surface area contributed by atoms with Crippen LogP contribution in [0.1, 0.15) is 11.4 Å². The van der Waals surface area contributed by atoms with E-state index >= 15 is 0 Å². The lowest BCUT2D eigenvalue weighted by atomic mass is 10.2. The standard InChI is InChI=1S/C15H15N5/c1-3-7-17-14-9-15(19-11(2)18-14)20-13-6-4-5-12(8-13)10-16/h3-6,8-9H,1,7H2,2H3,(H2,17,18,19,20). The second kappa shape index (κ2) is 6.34. The zero-order chi connectivity index (χ0) is 14.4. The van der Waals surface area contributed by atoms with E-state index in [9.17, 15) is 0 Å². The van der Waals surface area contributed by atoms with Crippen molar-refractivity contribution in [3.05, 3.63) is 54.4 Å². The quantitative estimate of drug-likeness (QED) is 0.813. The number of hydrogen-bond donors (Lipinski definition) is 2. The molecule has 5 nitrogen and oxygen atoms in total. The maximum absolute atomic E-state index is 8.89. The van der Waals surface area contributed by atoms with E-state index in [2.05, 4.69) is 33.2 Å². The van der Waals surface area contributed by atoms with Crippen molar-refractivity contribution < 1.29 is 0 Å². The van der Waals surface area contributed by atoms with E-state index in [1.165, 1.54) is 0 Å². The van der Waals surface area contributed by atoms with E-state index in [4.69, 9.17) is 5.26 Å². The van der Waals surface area contributed by atoms with Gasteiger partial charge in [0.05, 0.1) is 11.6 Å². The summed E-state index contributed by atoms with van der Waals surface area (Å²) in [6, 6.07) is 11.2. The number of aryl methyl sites for hydroxylation is 1. The van der Waals surface area contributed by atoms with E-state index in [1.807, 2.05) is 25.1 Å². The molecule has 0 aliphatic rings. The lowest BCUT2D eigenvalue weighted by Crippen LogP contribution is -2.04. The third kappa shape index (κ3) is 3.56. The number of hydrogen-bond acceptors (Lipinski definition) is 5. The van der Waals surface area contributed by atoms with Crippen LogP contribution in [-0.2, 0) is 0 Å². The fraction of sp³-hybridized carbons (Fsp3) is 0.133. The third-order valence-corrected chi connectivity index (χ3v) is 2.53. The molecule has 0 bridgehead atoms. The van der Waals surface area contributed by atoms with Crippen molar-refractivity contribution >= 4 is 17.3 Å². The summed E-state index contributed by atoms with van der Waals surface area (Å²) in [4.78, 5) is 8.61. The smallest absolute Gasteiger partial charge is 0.136 e. The number of anilines is 3. The molecular formula is C15H15N5. The maximum Gasteiger partial charge on any atom is 0.136 e. The van der Waals surface area contributed by atoms with Gasteiger partial charge in [-0.05, 0) is 25.1 Å². The summed E-state index contributed by atoms with van der Waals surface area (Å²) in [6.45, 7) is 6.12. The molecule has 0 radical (unpaired) electrons. The molecule has 0 aliphatic heterocycles. The molecular weight excluding hydrogens is 250 g/mol. The minimum absolute atomic E-state index is 0.603. The van der Waals surface area contributed by atoms with Gasteiger partial charge in [0.15, 0.2) is 0 Å². The lowest BCUT2D eigenvalue weighted by molar-refractivity contribution is 1.05. The van der Waals surface area contributed by atoms with Gasteiger partial charge in [-0.1, -0.05) is 12.1 Å². The van der Waals surface area contributed by atoms with Crippen LogP contribution in [0, 0.1) is 18.3 Å². The molecule has 0 unspecified atom stereocenters. The van der Waals surface area contributed by atoms with Crippen LogP contribution in [0.2, 0.25) is 0 Å². The van der Waals surface area contributed by atoms with Gasteiger partial charge >= 0.3 is 0 Å². The first-order valence-electron chi connectivity index (χ1n) is 6.19. The minimum atomic E-state index is 0.603. The fourth-order valence-electron chi connectivity index (χ4n) is 1.71. The number of nitriles is 1. The molecule has 2 aromatic rings. The Morgan fingerprint density at radius 2 is 2.10 bits per heavy atom. The highest BCUT2D eigenvalue weighted by molar-refractivity contribution is 5.60. The summed E-state index contributed by atoms with van der Waals surface area (Å²) >= 11 is 0. The monoisotopic (exact) mass is 265 g/mol. The van der Waals surface area contributed by atoms with Crippen LogP contribution in [0.5, 0.6) is 0 Å². The van der Waals surface area contributed by atoms with Crippen molar-refractivity contribution in [1.29, 1.82) is 5.26 Å². The predicted molar refractivity (Wildman–Crippen MR) is 79.9 cm³/mol. The van der Waals surface area contributed by atoms with Gasteiger partial charge in [-0.15, -0.1) is 6.58 Å². The largest absolute Gasteiger partial charge is 0.366 e. The molecule has 2 rings (SSSR count). The summed E-state index contributed by atoms with van der Waals surface area (Å²) in [7, 11) is 0. The van der Waals surface area contributed by atoms with Crippen LogP contribution in [0.4, 0.5) is 17.3 Å². The van der Waals surface area contributed by atoms with Gasteiger partial charge in [0, 0.05) is 18.3 Å². The van der Waals surface area contributed by atoms with Gasteiger partial charge < -0.3 is 10.6 Å². The van der Waals surface area contributed by atoms with Crippen LogP contribution in [0.25, 0.3) is 0 Å². The number of aromatic nitrogens is 2. The first-order valence-corrected chi connectivity index (χ1v) is 6.19. The second-order valence-corrected chi connectivity index (χ2v) is 4.17. The first-order chi connectivity index (χ1) is 9.71. The molecule has 2 N–H and O–H groups in total. The summed E-state index contributed by atoms with van der Waals surface area (Å²) in [6.07, 6.45) is 1.76. The molecule has 20 heavy (non-hydrogen) atoms. The lowest BCUT2D eigenvalue weighted by Gasteiger charge is -2.09. The molecule has 100 valence electrons. The number of nitrogens with zero attached hydrogens (tertiary/aromatic N) is 3. The number of nitrogens with one attached hydrogen (secondary N) is 2. The third-order valence-electron chi connectivity index (χ3n) is 2.53. The van der Waals surface area contributed by atoms with E-state index in [0.717, 1.165) is 11.5 Å². The minimum Gasteiger partial charge on any atom is -0.366 e. The molecule has 0 saturated carbocycles. The van der Waals surface area contributed by atoms with Crippen molar-refractivity contribution in [3.63, 3.8) is 0 Å². The van der Waals surface area contributed by atoms with Gasteiger partial charge in [-0.25, -0.2) is 9.97 Å². The molecule has 0 fully saturated rings.